The van der Waals surface area contributed by atoms with Crippen molar-refractivity contribution in [1.82, 2.24) is 20.3 Å². The number of hydrogen-bond acceptors (Lipinski definition) is 5. The molecule has 2 heterocycles. The van der Waals surface area contributed by atoms with Crippen LogP contribution in [0.1, 0.15) is 0 Å². The highest BCUT2D eigenvalue weighted by Gasteiger charge is 2.25. The first-order valence-electron chi connectivity index (χ1n) is 7.38. The van der Waals surface area contributed by atoms with Gasteiger partial charge < -0.3 is 16.0 Å². The Balaban J connectivity index is 0.000000225. The highest BCUT2D eigenvalue weighted by atomic mass is 32.2. The van der Waals surface area contributed by atoms with Gasteiger partial charge in [0, 0.05) is 52.4 Å². The smallest absolute Gasteiger partial charge is 0.243 e. The average Bonchev–Trinajstić information content (AvgIpc) is 2.59. The molecule has 2 saturated heterocycles. The Kier molecular flexibility index (Phi) is 6.59. The topological polar surface area (TPSA) is 73.5 Å². The molecule has 2 aliphatic rings. The fourth-order valence-corrected chi connectivity index (χ4v) is 3.69. The van der Waals surface area contributed by atoms with Gasteiger partial charge in [-0.15, -0.1) is 0 Å². The Hall–Kier alpha value is -0.990. The molecule has 0 bridgehead atoms. The maximum absolute atomic E-state index is 12.1. The van der Waals surface area contributed by atoms with Crippen LogP contribution in [0.4, 0.5) is 0 Å². The third-order valence-electron chi connectivity index (χ3n) is 3.41. The van der Waals surface area contributed by atoms with E-state index in [-0.39, 0.29) is 0 Å². The number of benzene rings is 1. The van der Waals surface area contributed by atoms with Gasteiger partial charge in [0.05, 0.1) is 4.90 Å². The van der Waals surface area contributed by atoms with Gasteiger partial charge in [-0.25, -0.2) is 8.42 Å². The van der Waals surface area contributed by atoms with Gasteiger partial charge in [0.15, 0.2) is 0 Å². The normalized spacial score (nSPS) is 20.4. The Morgan fingerprint density at radius 2 is 1.24 bits per heavy atom. The van der Waals surface area contributed by atoms with Crippen LogP contribution in [0, 0.1) is 0 Å². The minimum atomic E-state index is -3.27. The fraction of sp³-hybridized carbons (Fsp3) is 0.571. The van der Waals surface area contributed by atoms with E-state index in [4.69, 9.17) is 0 Å². The van der Waals surface area contributed by atoms with Crippen molar-refractivity contribution < 1.29 is 8.42 Å². The molecule has 0 atom stereocenters. The SMILES string of the molecule is C1CNCCN1.O=S(=O)(c1ccccc1)N1CCNCC1. The monoisotopic (exact) mass is 312 g/mol. The average molecular weight is 312 g/mol. The molecule has 0 saturated carbocycles. The molecule has 0 aliphatic carbocycles. The molecule has 1 aromatic carbocycles. The zero-order valence-corrected chi connectivity index (χ0v) is 13.0. The van der Waals surface area contributed by atoms with E-state index in [2.05, 4.69) is 16.0 Å². The van der Waals surface area contributed by atoms with Crippen LogP contribution in [-0.4, -0.2) is 65.1 Å². The Bertz CT molecular complexity index is 485. The summed E-state index contributed by atoms with van der Waals surface area (Å²) in [6.07, 6.45) is 0. The Labute approximate surface area is 127 Å². The predicted molar refractivity (Wildman–Crippen MR) is 83.8 cm³/mol. The van der Waals surface area contributed by atoms with Gasteiger partial charge in [-0.05, 0) is 12.1 Å². The summed E-state index contributed by atoms with van der Waals surface area (Å²) >= 11 is 0. The summed E-state index contributed by atoms with van der Waals surface area (Å²) in [6, 6.07) is 8.58. The molecule has 2 fully saturated rings. The standard InChI is InChI=1S/C10H14N2O2S.C4H10N2/c13-15(14,10-4-2-1-3-5-10)12-8-6-11-7-9-12;1-2-6-4-3-5-1/h1-5,11H,6-9H2;5-6H,1-4H2. The second-order valence-electron chi connectivity index (χ2n) is 4.97. The third-order valence-corrected chi connectivity index (χ3v) is 5.33. The van der Waals surface area contributed by atoms with Crippen molar-refractivity contribution in [2.24, 2.45) is 0 Å². The van der Waals surface area contributed by atoms with E-state index in [1.165, 1.54) is 4.31 Å². The number of rotatable bonds is 2. The maximum atomic E-state index is 12.1. The van der Waals surface area contributed by atoms with Gasteiger partial charge in [0.1, 0.15) is 0 Å². The van der Waals surface area contributed by atoms with Crippen LogP contribution in [0.25, 0.3) is 0 Å². The summed E-state index contributed by atoms with van der Waals surface area (Å²) in [6.45, 7) is 7.12. The molecule has 7 heteroatoms. The lowest BCUT2D eigenvalue weighted by molar-refractivity contribution is 0.360. The van der Waals surface area contributed by atoms with Gasteiger partial charge in [-0.2, -0.15) is 4.31 Å². The zero-order valence-electron chi connectivity index (χ0n) is 12.2. The van der Waals surface area contributed by atoms with E-state index in [9.17, 15) is 8.42 Å². The third kappa shape index (κ3) is 5.05. The molecule has 0 unspecified atom stereocenters. The quantitative estimate of drug-likeness (QED) is 0.684. The van der Waals surface area contributed by atoms with Crippen LogP contribution in [0.5, 0.6) is 0 Å². The predicted octanol–water partition coefficient (Wildman–Crippen LogP) is -0.540. The van der Waals surface area contributed by atoms with E-state index < -0.39 is 10.0 Å². The highest BCUT2D eigenvalue weighted by Crippen LogP contribution is 2.14. The summed E-state index contributed by atoms with van der Waals surface area (Å²) in [4.78, 5) is 0.381. The molecule has 1 aromatic rings. The number of nitrogens with zero attached hydrogens (tertiary/aromatic N) is 1. The molecule has 21 heavy (non-hydrogen) atoms. The minimum absolute atomic E-state index is 0.381. The molecule has 2 aliphatic heterocycles. The summed E-state index contributed by atoms with van der Waals surface area (Å²) in [7, 11) is -3.27. The first-order valence-corrected chi connectivity index (χ1v) is 8.82. The van der Waals surface area contributed by atoms with Gasteiger partial charge in [-0.3, -0.25) is 0 Å². The number of nitrogens with one attached hydrogen (secondary N) is 3. The summed E-state index contributed by atoms with van der Waals surface area (Å²) in [5.41, 5.74) is 0. The number of piperazine rings is 2. The van der Waals surface area contributed by atoms with Crippen LogP contribution in [0.2, 0.25) is 0 Å². The number of sulfonamides is 1. The second kappa shape index (κ2) is 8.45. The van der Waals surface area contributed by atoms with Gasteiger partial charge in [0.2, 0.25) is 10.0 Å². The minimum Gasteiger partial charge on any atom is -0.314 e. The molecule has 118 valence electrons. The van der Waals surface area contributed by atoms with Crippen LogP contribution in [-0.2, 0) is 10.0 Å². The first-order chi connectivity index (χ1) is 10.2. The lowest BCUT2D eigenvalue weighted by Gasteiger charge is -2.26. The van der Waals surface area contributed by atoms with E-state index in [0.29, 0.717) is 18.0 Å². The van der Waals surface area contributed by atoms with E-state index in [1.807, 2.05) is 6.07 Å². The van der Waals surface area contributed by atoms with Crippen molar-refractivity contribution in [3.63, 3.8) is 0 Å². The Morgan fingerprint density at radius 1 is 0.762 bits per heavy atom. The highest BCUT2D eigenvalue weighted by molar-refractivity contribution is 7.89. The first kappa shape index (κ1) is 16.4. The van der Waals surface area contributed by atoms with Crippen LogP contribution in [0.3, 0.4) is 0 Å². The summed E-state index contributed by atoms with van der Waals surface area (Å²) in [5.74, 6) is 0. The van der Waals surface area contributed by atoms with E-state index in [0.717, 1.165) is 39.3 Å². The van der Waals surface area contributed by atoms with E-state index >= 15 is 0 Å². The molecule has 6 nitrogen and oxygen atoms in total. The number of hydrogen-bond donors (Lipinski definition) is 3. The van der Waals surface area contributed by atoms with Gasteiger partial charge >= 0.3 is 0 Å². The molecule has 0 amide bonds. The van der Waals surface area contributed by atoms with Crippen molar-refractivity contribution in [3.05, 3.63) is 30.3 Å². The molecule has 3 rings (SSSR count). The maximum Gasteiger partial charge on any atom is 0.243 e. The van der Waals surface area contributed by atoms with Crippen molar-refractivity contribution in [2.45, 2.75) is 4.90 Å². The fourth-order valence-electron chi connectivity index (χ4n) is 2.23. The molecule has 0 aromatic heterocycles. The van der Waals surface area contributed by atoms with Crippen molar-refractivity contribution in [2.75, 3.05) is 52.4 Å². The van der Waals surface area contributed by atoms with Gasteiger partial charge in [-0.1, -0.05) is 18.2 Å². The van der Waals surface area contributed by atoms with E-state index in [1.54, 1.807) is 24.3 Å². The lowest BCUT2D eigenvalue weighted by Crippen LogP contribution is -2.46. The van der Waals surface area contributed by atoms with Crippen LogP contribution in [0.15, 0.2) is 35.2 Å². The largest absolute Gasteiger partial charge is 0.314 e. The molecule has 0 spiro atoms. The molecular weight excluding hydrogens is 288 g/mol. The lowest BCUT2D eigenvalue weighted by atomic mass is 10.4. The summed E-state index contributed by atoms with van der Waals surface area (Å²) in [5, 5.41) is 9.58. The Morgan fingerprint density at radius 3 is 1.71 bits per heavy atom. The van der Waals surface area contributed by atoms with Crippen LogP contribution >= 0.6 is 0 Å². The van der Waals surface area contributed by atoms with Crippen molar-refractivity contribution in [3.8, 4) is 0 Å². The molecular formula is C14H24N4O2S. The van der Waals surface area contributed by atoms with Crippen molar-refractivity contribution >= 4 is 10.0 Å². The zero-order chi connectivity index (χ0) is 15.0. The molecule has 3 N–H and O–H groups in total. The van der Waals surface area contributed by atoms with Crippen LogP contribution < -0.4 is 16.0 Å². The second-order valence-corrected chi connectivity index (χ2v) is 6.91. The summed E-state index contributed by atoms with van der Waals surface area (Å²) < 4.78 is 25.7. The molecule has 0 radical (unpaired) electrons. The van der Waals surface area contributed by atoms with Crippen molar-refractivity contribution in [1.29, 1.82) is 0 Å². The van der Waals surface area contributed by atoms with Gasteiger partial charge in [0.25, 0.3) is 0 Å².